The molecule has 1 atom stereocenters. The van der Waals surface area contributed by atoms with Gasteiger partial charge in [-0.05, 0) is 38.1 Å². The molecule has 0 spiro atoms. The number of benzene rings is 1. The minimum absolute atomic E-state index is 0.335. The van der Waals surface area contributed by atoms with Crippen molar-refractivity contribution in [3.05, 3.63) is 65.8 Å². The molecular formula is C21H17N5O2. The van der Waals surface area contributed by atoms with Gasteiger partial charge in [0, 0.05) is 17.2 Å². The molecule has 7 heteroatoms. The van der Waals surface area contributed by atoms with E-state index in [9.17, 15) is 5.11 Å². The Labute approximate surface area is 161 Å². The van der Waals surface area contributed by atoms with Crippen LogP contribution in [-0.2, 0) is 5.60 Å². The molecule has 138 valence electrons. The molecule has 7 nitrogen and oxygen atoms in total. The molecule has 4 aromatic rings. The number of anilines is 1. The highest BCUT2D eigenvalue weighted by molar-refractivity contribution is 5.85. The molecule has 0 saturated heterocycles. The van der Waals surface area contributed by atoms with E-state index in [4.69, 9.17) is 10.3 Å². The minimum atomic E-state index is -1.42. The summed E-state index contributed by atoms with van der Waals surface area (Å²) in [5.41, 5.74) is 8.45. The zero-order chi connectivity index (χ0) is 19.7. The van der Waals surface area contributed by atoms with Crippen LogP contribution >= 0.6 is 0 Å². The number of aryl methyl sites for hydroxylation is 1. The Hall–Kier alpha value is -3.76. The van der Waals surface area contributed by atoms with E-state index in [-0.39, 0.29) is 0 Å². The van der Waals surface area contributed by atoms with Gasteiger partial charge in [-0.15, -0.1) is 0 Å². The third kappa shape index (κ3) is 3.41. The smallest absolute Gasteiger partial charge is 0.168 e. The third-order valence-electron chi connectivity index (χ3n) is 4.25. The maximum Gasteiger partial charge on any atom is 0.168 e. The van der Waals surface area contributed by atoms with Crippen molar-refractivity contribution >= 4 is 16.9 Å². The first-order chi connectivity index (χ1) is 13.4. The fraction of sp³-hybridized carbons (Fsp3) is 0.143. The van der Waals surface area contributed by atoms with Crippen molar-refractivity contribution in [2.24, 2.45) is 0 Å². The van der Waals surface area contributed by atoms with Crippen molar-refractivity contribution in [1.82, 2.24) is 20.1 Å². The summed E-state index contributed by atoms with van der Waals surface area (Å²) < 4.78 is 5.02. The van der Waals surface area contributed by atoms with Gasteiger partial charge in [-0.1, -0.05) is 29.1 Å². The minimum Gasteiger partial charge on any atom is -0.382 e. The zero-order valence-electron chi connectivity index (χ0n) is 15.3. The van der Waals surface area contributed by atoms with E-state index in [1.54, 1.807) is 19.9 Å². The molecule has 0 amide bonds. The van der Waals surface area contributed by atoms with E-state index in [2.05, 4.69) is 31.9 Å². The highest BCUT2D eigenvalue weighted by atomic mass is 16.5. The first kappa shape index (κ1) is 17.6. The summed E-state index contributed by atoms with van der Waals surface area (Å²) in [4.78, 5) is 12.7. The van der Waals surface area contributed by atoms with Gasteiger partial charge in [-0.2, -0.15) is 0 Å². The molecule has 0 radical (unpaired) electrons. The van der Waals surface area contributed by atoms with Crippen LogP contribution in [-0.4, -0.2) is 25.2 Å². The highest BCUT2D eigenvalue weighted by Crippen LogP contribution is 2.23. The first-order valence-electron chi connectivity index (χ1n) is 8.59. The van der Waals surface area contributed by atoms with Gasteiger partial charge < -0.3 is 15.4 Å². The van der Waals surface area contributed by atoms with Gasteiger partial charge in [0.05, 0.1) is 11.2 Å². The number of pyridine rings is 1. The lowest BCUT2D eigenvalue weighted by Crippen LogP contribution is -2.18. The number of hydrogen-bond acceptors (Lipinski definition) is 7. The largest absolute Gasteiger partial charge is 0.382 e. The van der Waals surface area contributed by atoms with Crippen molar-refractivity contribution in [2.75, 3.05) is 5.73 Å². The van der Waals surface area contributed by atoms with Crippen LogP contribution in [0, 0.1) is 18.8 Å². The second-order valence-electron chi connectivity index (χ2n) is 6.55. The predicted molar refractivity (Wildman–Crippen MR) is 105 cm³/mol. The van der Waals surface area contributed by atoms with Crippen LogP contribution in [0.25, 0.3) is 22.3 Å². The molecule has 0 bridgehead atoms. The lowest BCUT2D eigenvalue weighted by Gasteiger charge is -2.11. The average Bonchev–Trinajstić information content (AvgIpc) is 3.14. The number of nitrogen functional groups attached to an aromatic ring is 1. The standard InChI is InChI=1S/C21H17N5O2/c1-13-10-18(26-28-13)21(2,27)9-8-14-4-3-5-15(11-14)16-6-7-17-19(25-16)20(22)24-12-23-17/h3-7,10-12,27H,1-2H3,(H2,22,23,24)/t21-/m1/s1. The number of rotatable bonds is 2. The summed E-state index contributed by atoms with van der Waals surface area (Å²) in [6.45, 7) is 3.34. The summed E-state index contributed by atoms with van der Waals surface area (Å²) >= 11 is 0. The van der Waals surface area contributed by atoms with Crippen LogP contribution in [0.15, 0.2) is 53.3 Å². The zero-order valence-corrected chi connectivity index (χ0v) is 15.3. The topological polar surface area (TPSA) is 111 Å². The summed E-state index contributed by atoms with van der Waals surface area (Å²) in [6.07, 6.45) is 1.41. The van der Waals surface area contributed by atoms with E-state index in [1.807, 2.05) is 36.4 Å². The average molecular weight is 371 g/mol. The van der Waals surface area contributed by atoms with Crippen LogP contribution in [0.5, 0.6) is 0 Å². The van der Waals surface area contributed by atoms with Crippen LogP contribution in [0.1, 0.15) is 23.9 Å². The maximum atomic E-state index is 10.6. The summed E-state index contributed by atoms with van der Waals surface area (Å²) in [5.74, 6) is 6.79. The van der Waals surface area contributed by atoms with Gasteiger partial charge in [0.25, 0.3) is 0 Å². The van der Waals surface area contributed by atoms with Gasteiger partial charge in [-0.25, -0.2) is 15.0 Å². The number of nitrogens with zero attached hydrogens (tertiary/aromatic N) is 4. The van der Waals surface area contributed by atoms with Crippen molar-refractivity contribution < 1.29 is 9.63 Å². The Morgan fingerprint density at radius 3 is 2.79 bits per heavy atom. The number of aromatic nitrogens is 4. The Kier molecular flexibility index (Phi) is 4.26. The van der Waals surface area contributed by atoms with Crippen LogP contribution in [0.3, 0.4) is 0 Å². The maximum absolute atomic E-state index is 10.6. The first-order valence-corrected chi connectivity index (χ1v) is 8.59. The predicted octanol–water partition coefficient (Wildman–Crippen LogP) is 2.83. The quantitative estimate of drug-likeness (QED) is 0.521. The molecular weight excluding hydrogens is 354 g/mol. The number of hydrogen-bond donors (Lipinski definition) is 2. The lowest BCUT2D eigenvalue weighted by molar-refractivity contribution is 0.112. The van der Waals surface area contributed by atoms with E-state index < -0.39 is 5.60 Å². The molecule has 0 aliphatic heterocycles. The molecule has 3 N–H and O–H groups in total. The highest BCUT2D eigenvalue weighted by Gasteiger charge is 2.24. The molecule has 3 heterocycles. The fourth-order valence-corrected chi connectivity index (χ4v) is 2.73. The van der Waals surface area contributed by atoms with Crippen molar-refractivity contribution in [3.63, 3.8) is 0 Å². The Balaban J connectivity index is 1.69. The van der Waals surface area contributed by atoms with Crippen molar-refractivity contribution in [3.8, 4) is 23.1 Å². The number of aliphatic hydroxyl groups is 1. The van der Waals surface area contributed by atoms with E-state index in [0.717, 1.165) is 16.8 Å². The molecule has 4 rings (SSSR count). The van der Waals surface area contributed by atoms with Gasteiger partial charge in [0.1, 0.15) is 23.3 Å². The summed E-state index contributed by atoms with van der Waals surface area (Å²) in [6, 6.07) is 13.0. The molecule has 0 saturated carbocycles. The number of fused-ring (bicyclic) bond motifs is 1. The number of nitrogens with two attached hydrogens (primary N) is 1. The third-order valence-corrected chi connectivity index (χ3v) is 4.25. The van der Waals surface area contributed by atoms with Gasteiger partial charge in [-0.3, -0.25) is 0 Å². The lowest BCUT2D eigenvalue weighted by atomic mass is 10.0. The van der Waals surface area contributed by atoms with Crippen LogP contribution in [0.2, 0.25) is 0 Å². The normalized spacial score (nSPS) is 13.0. The van der Waals surface area contributed by atoms with Crippen LogP contribution in [0.4, 0.5) is 5.82 Å². The molecule has 0 aliphatic rings. The van der Waals surface area contributed by atoms with Crippen molar-refractivity contribution in [2.45, 2.75) is 19.4 Å². The monoisotopic (exact) mass is 371 g/mol. The summed E-state index contributed by atoms with van der Waals surface area (Å²) in [5, 5.41) is 14.4. The molecule has 0 aliphatic carbocycles. The van der Waals surface area contributed by atoms with Gasteiger partial charge in [0.15, 0.2) is 11.4 Å². The molecule has 0 unspecified atom stereocenters. The second-order valence-corrected chi connectivity index (χ2v) is 6.55. The Bertz CT molecular complexity index is 1230. The van der Waals surface area contributed by atoms with Crippen molar-refractivity contribution in [1.29, 1.82) is 0 Å². The fourth-order valence-electron chi connectivity index (χ4n) is 2.73. The second kappa shape index (κ2) is 6.76. The SMILES string of the molecule is Cc1cc([C@](C)(O)C#Cc2cccc(-c3ccc4ncnc(N)c4n3)c2)no1. The molecule has 0 fully saturated rings. The van der Waals surface area contributed by atoms with E-state index >= 15 is 0 Å². The molecule has 1 aromatic carbocycles. The molecule has 28 heavy (non-hydrogen) atoms. The molecule has 3 aromatic heterocycles. The summed E-state index contributed by atoms with van der Waals surface area (Å²) in [7, 11) is 0. The Morgan fingerprint density at radius 1 is 1.14 bits per heavy atom. The van der Waals surface area contributed by atoms with E-state index in [1.165, 1.54) is 6.33 Å². The van der Waals surface area contributed by atoms with Gasteiger partial charge in [0.2, 0.25) is 0 Å². The van der Waals surface area contributed by atoms with Crippen LogP contribution < -0.4 is 5.73 Å². The Morgan fingerprint density at radius 2 is 2.00 bits per heavy atom. The van der Waals surface area contributed by atoms with E-state index in [0.29, 0.717) is 28.3 Å². The van der Waals surface area contributed by atoms with Gasteiger partial charge >= 0.3 is 0 Å².